The van der Waals surface area contributed by atoms with Crippen LogP contribution in [0.4, 0.5) is 0 Å². The molecule has 0 amide bonds. The molecule has 0 spiro atoms. The van der Waals surface area contributed by atoms with Gasteiger partial charge in [0.2, 0.25) is 5.89 Å². The third-order valence-electron chi connectivity index (χ3n) is 3.97. The summed E-state index contributed by atoms with van der Waals surface area (Å²) in [5, 5.41) is 4.17. The van der Waals surface area contributed by atoms with Gasteiger partial charge < -0.3 is 9.26 Å². The molecule has 6 nitrogen and oxygen atoms in total. The van der Waals surface area contributed by atoms with Gasteiger partial charge in [0.25, 0.3) is 0 Å². The standard InChI is InChI=1S/C16H22N4O2/c1-16(2,3)14-12(6-9-21-14)15-19-13(22-20-15)5-4-11-10-17-7-8-18-11/h7-8,10,12,14H,4-6,9H2,1-3H3/t12-,14-/m0/s1. The Labute approximate surface area is 130 Å². The summed E-state index contributed by atoms with van der Waals surface area (Å²) in [5.74, 6) is 1.64. The normalized spacial score (nSPS) is 22.1. The largest absolute Gasteiger partial charge is 0.377 e. The van der Waals surface area contributed by atoms with Crippen LogP contribution in [-0.4, -0.2) is 32.8 Å². The molecule has 2 atom stereocenters. The summed E-state index contributed by atoms with van der Waals surface area (Å²) in [6.07, 6.45) is 7.64. The molecule has 2 aromatic heterocycles. The highest BCUT2D eigenvalue weighted by Crippen LogP contribution is 2.39. The molecule has 3 rings (SSSR count). The average molecular weight is 302 g/mol. The number of rotatable bonds is 4. The van der Waals surface area contributed by atoms with Crippen molar-refractivity contribution >= 4 is 0 Å². The minimum Gasteiger partial charge on any atom is -0.377 e. The second kappa shape index (κ2) is 6.12. The van der Waals surface area contributed by atoms with Gasteiger partial charge in [0.05, 0.1) is 17.7 Å². The van der Waals surface area contributed by atoms with Crippen molar-refractivity contribution < 1.29 is 9.26 Å². The molecule has 0 saturated carbocycles. The number of ether oxygens (including phenoxy) is 1. The maximum Gasteiger partial charge on any atom is 0.227 e. The van der Waals surface area contributed by atoms with Gasteiger partial charge in [0.1, 0.15) is 0 Å². The van der Waals surface area contributed by atoms with Crippen LogP contribution >= 0.6 is 0 Å². The lowest BCUT2D eigenvalue weighted by Crippen LogP contribution is -2.30. The summed E-state index contributed by atoms with van der Waals surface area (Å²) < 4.78 is 11.3. The van der Waals surface area contributed by atoms with E-state index in [1.54, 1.807) is 18.6 Å². The predicted molar refractivity (Wildman–Crippen MR) is 80.3 cm³/mol. The molecule has 3 heterocycles. The third kappa shape index (κ3) is 3.32. The molecule has 0 N–H and O–H groups in total. The fraction of sp³-hybridized carbons (Fsp3) is 0.625. The number of nitrogens with zero attached hydrogens (tertiary/aromatic N) is 4. The predicted octanol–water partition coefficient (Wildman–Crippen LogP) is 2.56. The van der Waals surface area contributed by atoms with Gasteiger partial charge in [-0.2, -0.15) is 4.98 Å². The first-order chi connectivity index (χ1) is 10.5. The van der Waals surface area contributed by atoms with Crippen LogP contribution in [0.5, 0.6) is 0 Å². The molecular formula is C16H22N4O2. The van der Waals surface area contributed by atoms with Gasteiger partial charge in [-0.1, -0.05) is 25.9 Å². The molecule has 22 heavy (non-hydrogen) atoms. The highest BCUT2D eigenvalue weighted by molar-refractivity contribution is 5.05. The van der Waals surface area contributed by atoms with E-state index in [0.717, 1.165) is 31.0 Å². The fourth-order valence-corrected chi connectivity index (χ4v) is 2.92. The second-order valence-corrected chi connectivity index (χ2v) is 6.80. The van der Waals surface area contributed by atoms with Crippen LogP contribution in [0.2, 0.25) is 0 Å². The van der Waals surface area contributed by atoms with Crippen LogP contribution in [0.15, 0.2) is 23.1 Å². The highest BCUT2D eigenvalue weighted by Gasteiger charge is 2.40. The van der Waals surface area contributed by atoms with Crippen molar-refractivity contribution in [2.75, 3.05) is 6.61 Å². The fourth-order valence-electron chi connectivity index (χ4n) is 2.92. The molecule has 1 saturated heterocycles. The number of hydrogen-bond acceptors (Lipinski definition) is 6. The first-order valence-corrected chi connectivity index (χ1v) is 7.73. The Balaban J connectivity index is 1.66. The monoisotopic (exact) mass is 302 g/mol. The summed E-state index contributed by atoms with van der Waals surface area (Å²) in [5.41, 5.74) is 1.00. The van der Waals surface area contributed by atoms with Crippen LogP contribution in [-0.2, 0) is 17.6 Å². The van der Waals surface area contributed by atoms with Gasteiger partial charge in [-0.15, -0.1) is 0 Å². The van der Waals surface area contributed by atoms with Gasteiger partial charge >= 0.3 is 0 Å². The summed E-state index contributed by atoms with van der Waals surface area (Å²) in [6.45, 7) is 7.32. The Morgan fingerprint density at radius 2 is 2.09 bits per heavy atom. The lowest BCUT2D eigenvalue weighted by Gasteiger charge is -2.29. The van der Waals surface area contributed by atoms with Crippen molar-refractivity contribution in [3.05, 3.63) is 36.0 Å². The van der Waals surface area contributed by atoms with Gasteiger partial charge in [-0.3, -0.25) is 9.97 Å². The first-order valence-electron chi connectivity index (χ1n) is 7.73. The molecule has 6 heteroatoms. The summed E-state index contributed by atoms with van der Waals surface area (Å²) in [4.78, 5) is 12.9. The maximum absolute atomic E-state index is 5.88. The topological polar surface area (TPSA) is 73.9 Å². The highest BCUT2D eigenvalue weighted by atomic mass is 16.5. The zero-order valence-electron chi connectivity index (χ0n) is 13.3. The van der Waals surface area contributed by atoms with Crippen LogP contribution in [0, 0.1) is 5.41 Å². The molecule has 118 valence electrons. The average Bonchev–Trinajstić information content (AvgIpc) is 3.14. The molecule has 2 aromatic rings. The summed E-state index contributed by atoms with van der Waals surface area (Å²) in [6, 6.07) is 0. The van der Waals surface area contributed by atoms with E-state index in [4.69, 9.17) is 9.26 Å². The van der Waals surface area contributed by atoms with E-state index in [-0.39, 0.29) is 17.4 Å². The van der Waals surface area contributed by atoms with E-state index >= 15 is 0 Å². The maximum atomic E-state index is 5.88. The van der Waals surface area contributed by atoms with Crippen LogP contribution in [0.1, 0.15) is 50.5 Å². The molecule has 0 unspecified atom stereocenters. The lowest BCUT2D eigenvalue weighted by atomic mass is 9.81. The van der Waals surface area contributed by atoms with Gasteiger partial charge in [-0.25, -0.2) is 0 Å². The molecular weight excluding hydrogens is 280 g/mol. The van der Waals surface area contributed by atoms with Crippen molar-refractivity contribution in [2.45, 2.75) is 52.1 Å². The Bertz CT molecular complexity index is 606. The Hall–Kier alpha value is -1.82. The van der Waals surface area contributed by atoms with Crippen LogP contribution < -0.4 is 0 Å². The van der Waals surface area contributed by atoms with Gasteiger partial charge in [0, 0.05) is 31.6 Å². The zero-order chi connectivity index (χ0) is 15.6. The summed E-state index contributed by atoms with van der Waals surface area (Å²) >= 11 is 0. The van der Waals surface area contributed by atoms with Crippen molar-refractivity contribution in [3.8, 4) is 0 Å². The van der Waals surface area contributed by atoms with E-state index in [2.05, 4.69) is 40.9 Å². The molecule has 1 fully saturated rings. The molecule has 0 aliphatic carbocycles. The Morgan fingerprint density at radius 1 is 1.23 bits per heavy atom. The Kier molecular flexibility index (Phi) is 4.20. The zero-order valence-corrected chi connectivity index (χ0v) is 13.3. The van der Waals surface area contributed by atoms with E-state index in [0.29, 0.717) is 12.3 Å². The van der Waals surface area contributed by atoms with E-state index < -0.39 is 0 Å². The minimum atomic E-state index is 0.0710. The van der Waals surface area contributed by atoms with Crippen molar-refractivity contribution in [3.63, 3.8) is 0 Å². The molecule has 0 bridgehead atoms. The number of aromatic nitrogens is 4. The van der Waals surface area contributed by atoms with Crippen molar-refractivity contribution in [2.24, 2.45) is 5.41 Å². The third-order valence-corrected chi connectivity index (χ3v) is 3.97. The SMILES string of the molecule is CC(C)(C)[C@H]1OCC[C@@H]1c1noc(CCc2cnccn2)n1. The van der Waals surface area contributed by atoms with Gasteiger partial charge in [0.15, 0.2) is 5.82 Å². The molecule has 1 aliphatic heterocycles. The van der Waals surface area contributed by atoms with E-state index in [1.165, 1.54) is 0 Å². The van der Waals surface area contributed by atoms with E-state index in [9.17, 15) is 0 Å². The van der Waals surface area contributed by atoms with Crippen molar-refractivity contribution in [1.82, 2.24) is 20.1 Å². The van der Waals surface area contributed by atoms with Crippen LogP contribution in [0.25, 0.3) is 0 Å². The van der Waals surface area contributed by atoms with E-state index in [1.807, 2.05) is 0 Å². The molecule has 1 aliphatic rings. The van der Waals surface area contributed by atoms with Gasteiger partial charge in [-0.05, 0) is 18.3 Å². The first kappa shape index (κ1) is 15.1. The number of aryl methyl sites for hydroxylation is 2. The number of hydrogen-bond donors (Lipinski definition) is 0. The minimum absolute atomic E-state index is 0.0710. The van der Waals surface area contributed by atoms with Crippen molar-refractivity contribution in [1.29, 1.82) is 0 Å². The quantitative estimate of drug-likeness (QED) is 0.864. The second-order valence-electron chi connectivity index (χ2n) is 6.80. The molecule has 0 aromatic carbocycles. The lowest BCUT2D eigenvalue weighted by molar-refractivity contribution is 0.0193. The molecule has 0 radical (unpaired) electrons. The Morgan fingerprint density at radius 3 is 2.82 bits per heavy atom. The smallest absolute Gasteiger partial charge is 0.227 e. The van der Waals surface area contributed by atoms with Crippen LogP contribution in [0.3, 0.4) is 0 Å². The summed E-state index contributed by atoms with van der Waals surface area (Å²) in [7, 11) is 0.